The van der Waals surface area contributed by atoms with Crippen LogP contribution in [0.3, 0.4) is 0 Å². The van der Waals surface area contributed by atoms with E-state index >= 15 is 0 Å². The Morgan fingerprint density at radius 1 is 1.18 bits per heavy atom. The molecule has 3 aromatic rings. The summed E-state index contributed by atoms with van der Waals surface area (Å²) in [6, 6.07) is 13.5. The summed E-state index contributed by atoms with van der Waals surface area (Å²) in [5.74, 6) is -0.00941. The van der Waals surface area contributed by atoms with Crippen LogP contribution in [0, 0.1) is 6.92 Å². The average Bonchev–Trinajstić information content (AvgIpc) is 3.34. The lowest BCUT2D eigenvalue weighted by Crippen LogP contribution is -2.27. The molecule has 0 fully saturated rings. The van der Waals surface area contributed by atoms with Gasteiger partial charge in [-0.25, -0.2) is 4.98 Å². The Morgan fingerprint density at radius 3 is 2.71 bits per heavy atom. The number of carbonyl (C=O) groups excluding carboxylic acids is 2. The Morgan fingerprint density at radius 2 is 1.96 bits per heavy atom. The third-order valence-corrected chi connectivity index (χ3v) is 5.67. The SMILES string of the molecule is CCC(=O)N1CCc2cc(-c3csc(NC(=O)c4ccc(C)cc4)n3)ccc21. The van der Waals surface area contributed by atoms with Crippen LogP contribution in [0.15, 0.2) is 47.8 Å². The van der Waals surface area contributed by atoms with E-state index < -0.39 is 0 Å². The fourth-order valence-corrected chi connectivity index (χ4v) is 4.06. The minimum absolute atomic E-state index is 0.154. The van der Waals surface area contributed by atoms with Gasteiger partial charge in [0.2, 0.25) is 5.91 Å². The van der Waals surface area contributed by atoms with Crippen molar-refractivity contribution in [2.75, 3.05) is 16.8 Å². The second-order valence-corrected chi connectivity index (χ2v) is 7.71. The lowest BCUT2D eigenvalue weighted by Gasteiger charge is -2.16. The number of benzene rings is 2. The summed E-state index contributed by atoms with van der Waals surface area (Å²) in [4.78, 5) is 30.8. The maximum absolute atomic E-state index is 12.4. The monoisotopic (exact) mass is 391 g/mol. The summed E-state index contributed by atoms with van der Waals surface area (Å²) in [6.07, 6.45) is 1.37. The summed E-state index contributed by atoms with van der Waals surface area (Å²) in [7, 11) is 0. The Kier molecular flexibility index (Phi) is 4.96. The molecule has 28 heavy (non-hydrogen) atoms. The van der Waals surface area contributed by atoms with Crippen LogP contribution in [0.5, 0.6) is 0 Å². The lowest BCUT2D eigenvalue weighted by molar-refractivity contribution is -0.118. The highest BCUT2D eigenvalue weighted by Gasteiger charge is 2.24. The van der Waals surface area contributed by atoms with Crippen molar-refractivity contribution in [3.8, 4) is 11.3 Å². The lowest BCUT2D eigenvalue weighted by atomic mass is 10.1. The Bertz CT molecular complexity index is 1040. The van der Waals surface area contributed by atoms with Crippen molar-refractivity contribution < 1.29 is 9.59 Å². The number of nitrogens with one attached hydrogen (secondary N) is 1. The fourth-order valence-electron chi connectivity index (χ4n) is 3.35. The third kappa shape index (κ3) is 3.55. The number of hydrogen-bond donors (Lipinski definition) is 1. The first-order valence-corrected chi connectivity index (χ1v) is 10.2. The normalized spacial score (nSPS) is 12.7. The predicted molar refractivity (Wildman–Crippen MR) is 113 cm³/mol. The van der Waals surface area contributed by atoms with Gasteiger partial charge in [0.25, 0.3) is 5.91 Å². The number of hydrogen-bond acceptors (Lipinski definition) is 4. The van der Waals surface area contributed by atoms with Crippen molar-refractivity contribution in [3.63, 3.8) is 0 Å². The molecule has 5 nitrogen and oxygen atoms in total. The summed E-state index contributed by atoms with van der Waals surface area (Å²) in [5.41, 5.74) is 5.71. The highest BCUT2D eigenvalue weighted by Crippen LogP contribution is 2.33. The average molecular weight is 391 g/mol. The molecule has 1 aliphatic heterocycles. The second-order valence-electron chi connectivity index (χ2n) is 6.85. The largest absolute Gasteiger partial charge is 0.312 e. The van der Waals surface area contributed by atoms with E-state index in [9.17, 15) is 9.59 Å². The van der Waals surface area contributed by atoms with Crippen molar-refractivity contribution in [2.45, 2.75) is 26.7 Å². The van der Waals surface area contributed by atoms with Gasteiger partial charge in [0.15, 0.2) is 5.13 Å². The van der Waals surface area contributed by atoms with Crippen molar-refractivity contribution in [3.05, 3.63) is 64.5 Å². The van der Waals surface area contributed by atoms with Gasteiger partial charge in [-0.15, -0.1) is 11.3 Å². The van der Waals surface area contributed by atoms with E-state index in [1.165, 1.54) is 11.3 Å². The smallest absolute Gasteiger partial charge is 0.257 e. The molecular formula is C22H21N3O2S. The number of fused-ring (bicyclic) bond motifs is 1. The maximum atomic E-state index is 12.4. The van der Waals surface area contributed by atoms with Gasteiger partial charge < -0.3 is 4.90 Å². The first-order valence-electron chi connectivity index (χ1n) is 9.32. The number of nitrogens with zero attached hydrogens (tertiary/aromatic N) is 2. The van der Waals surface area contributed by atoms with E-state index in [4.69, 9.17) is 0 Å². The highest BCUT2D eigenvalue weighted by molar-refractivity contribution is 7.14. The molecule has 0 radical (unpaired) electrons. The quantitative estimate of drug-likeness (QED) is 0.703. The molecule has 0 bridgehead atoms. The van der Waals surface area contributed by atoms with Gasteiger partial charge in [-0.05, 0) is 43.2 Å². The summed E-state index contributed by atoms with van der Waals surface area (Å²) in [6.45, 7) is 4.61. The number of aromatic nitrogens is 1. The van der Waals surface area contributed by atoms with Gasteiger partial charge in [0.1, 0.15) is 0 Å². The molecule has 2 heterocycles. The number of carbonyl (C=O) groups is 2. The number of rotatable bonds is 4. The molecular weight excluding hydrogens is 370 g/mol. The number of thiazole rings is 1. The molecule has 4 rings (SSSR count). The van der Waals surface area contributed by atoms with E-state index in [0.717, 1.165) is 41.0 Å². The number of aryl methyl sites for hydroxylation is 1. The molecule has 0 aliphatic carbocycles. The van der Waals surface area contributed by atoms with Crippen LogP contribution in [0.25, 0.3) is 11.3 Å². The molecule has 0 saturated heterocycles. The predicted octanol–water partition coefficient (Wildman–Crippen LogP) is 4.67. The Hall–Kier alpha value is -2.99. The summed E-state index contributed by atoms with van der Waals surface area (Å²) in [5, 5.41) is 5.38. The minimum atomic E-state index is -0.163. The maximum Gasteiger partial charge on any atom is 0.257 e. The van der Waals surface area contributed by atoms with Gasteiger partial charge >= 0.3 is 0 Å². The number of amides is 2. The van der Waals surface area contributed by atoms with Crippen molar-refractivity contribution in [1.29, 1.82) is 0 Å². The summed E-state index contributed by atoms with van der Waals surface area (Å²) >= 11 is 1.41. The van der Waals surface area contributed by atoms with Crippen molar-refractivity contribution in [1.82, 2.24) is 4.98 Å². The van der Waals surface area contributed by atoms with E-state index in [2.05, 4.69) is 16.4 Å². The topological polar surface area (TPSA) is 62.3 Å². The zero-order valence-corrected chi connectivity index (χ0v) is 16.7. The summed E-state index contributed by atoms with van der Waals surface area (Å²) < 4.78 is 0. The molecule has 0 saturated carbocycles. The molecule has 1 aromatic heterocycles. The van der Waals surface area contributed by atoms with Crippen LogP contribution in [0.2, 0.25) is 0 Å². The van der Waals surface area contributed by atoms with Gasteiger partial charge in [-0.2, -0.15) is 0 Å². The highest BCUT2D eigenvalue weighted by atomic mass is 32.1. The van der Waals surface area contributed by atoms with Gasteiger partial charge in [0.05, 0.1) is 5.69 Å². The molecule has 2 amide bonds. The van der Waals surface area contributed by atoms with Gasteiger partial charge in [-0.3, -0.25) is 14.9 Å². The molecule has 6 heteroatoms. The molecule has 142 valence electrons. The Balaban J connectivity index is 1.51. The third-order valence-electron chi connectivity index (χ3n) is 4.91. The van der Waals surface area contributed by atoms with Gasteiger partial charge in [0, 0.05) is 35.2 Å². The second kappa shape index (κ2) is 7.56. The molecule has 1 N–H and O–H groups in total. The fraction of sp³-hybridized carbons (Fsp3) is 0.227. The zero-order chi connectivity index (χ0) is 19.7. The van der Waals surface area contributed by atoms with Gasteiger partial charge in [-0.1, -0.05) is 30.7 Å². The van der Waals surface area contributed by atoms with E-state index in [1.807, 2.05) is 60.5 Å². The van der Waals surface area contributed by atoms with Crippen LogP contribution in [0.1, 0.15) is 34.8 Å². The molecule has 0 atom stereocenters. The molecule has 0 unspecified atom stereocenters. The van der Waals surface area contributed by atoms with E-state index in [1.54, 1.807) is 0 Å². The van der Waals surface area contributed by atoms with Crippen LogP contribution in [0.4, 0.5) is 10.8 Å². The van der Waals surface area contributed by atoms with Crippen LogP contribution in [-0.2, 0) is 11.2 Å². The molecule has 0 spiro atoms. The first-order chi connectivity index (χ1) is 13.5. The minimum Gasteiger partial charge on any atom is -0.312 e. The number of anilines is 2. The standard InChI is InChI=1S/C22H21N3O2S/c1-3-20(26)25-11-10-17-12-16(8-9-19(17)25)18-13-28-22(23-18)24-21(27)15-6-4-14(2)5-7-15/h4-9,12-13H,3,10-11H2,1-2H3,(H,23,24,27). The zero-order valence-electron chi connectivity index (χ0n) is 15.9. The molecule has 2 aromatic carbocycles. The van der Waals surface area contributed by atoms with Crippen LogP contribution in [-0.4, -0.2) is 23.3 Å². The first kappa shape index (κ1) is 18.4. The Labute approximate surface area is 168 Å². The van der Waals surface area contributed by atoms with Crippen molar-refractivity contribution in [2.24, 2.45) is 0 Å². The molecule has 1 aliphatic rings. The van der Waals surface area contributed by atoms with Crippen molar-refractivity contribution >= 4 is 34.0 Å². The van der Waals surface area contributed by atoms with Crippen LogP contribution >= 0.6 is 11.3 Å². The van der Waals surface area contributed by atoms with E-state index in [0.29, 0.717) is 17.1 Å². The van der Waals surface area contributed by atoms with Crippen LogP contribution < -0.4 is 10.2 Å². The van der Waals surface area contributed by atoms with E-state index in [-0.39, 0.29) is 11.8 Å².